The Bertz CT molecular complexity index is 568. The second-order valence-electron chi connectivity index (χ2n) is 4.25. The molecule has 0 amide bonds. The third-order valence-corrected chi connectivity index (χ3v) is 3.78. The number of nitrogens with zero attached hydrogens (tertiary/aromatic N) is 2. The summed E-state index contributed by atoms with van der Waals surface area (Å²) >= 11 is 7.35. The molecule has 1 saturated carbocycles. The Morgan fingerprint density at radius 3 is 2.94 bits per heavy atom. The highest BCUT2D eigenvalue weighted by Gasteiger charge is 2.28. The van der Waals surface area contributed by atoms with Gasteiger partial charge < -0.3 is 10.5 Å². The van der Waals surface area contributed by atoms with Crippen LogP contribution >= 0.6 is 23.1 Å². The Hall–Kier alpha value is -1.17. The summed E-state index contributed by atoms with van der Waals surface area (Å²) in [6, 6.07) is 5.45. The first-order valence-electron chi connectivity index (χ1n) is 5.76. The largest absolute Gasteiger partial charge is 0.430 e. The third kappa shape index (κ3) is 2.48. The fourth-order valence-corrected chi connectivity index (χ4v) is 2.50. The molecule has 1 aromatic carbocycles. The molecule has 0 spiro atoms. The fourth-order valence-electron chi connectivity index (χ4n) is 1.63. The molecule has 6 heteroatoms. The van der Waals surface area contributed by atoms with E-state index in [1.54, 1.807) is 6.07 Å². The zero-order chi connectivity index (χ0) is 12.5. The Labute approximate surface area is 114 Å². The van der Waals surface area contributed by atoms with E-state index >= 15 is 0 Å². The lowest BCUT2D eigenvalue weighted by atomic mass is 10.2. The molecule has 0 saturated heterocycles. The van der Waals surface area contributed by atoms with Crippen LogP contribution in [0.25, 0.3) is 0 Å². The first-order valence-corrected chi connectivity index (χ1v) is 6.91. The van der Waals surface area contributed by atoms with Crippen LogP contribution in [-0.4, -0.2) is 9.36 Å². The van der Waals surface area contributed by atoms with Crippen molar-refractivity contribution in [3.8, 4) is 10.9 Å². The summed E-state index contributed by atoms with van der Waals surface area (Å²) in [6.45, 7) is 0.420. The van der Waals surface area contributed by atoms with Gasteiger partial charge in [0.1, 0.15) is 11.6 Å². The van der Waals surface area contributed by atoms with Crippen molar-refractivity contribution in [1.29, 1.82) is 0 Å². The maximum absolute atomic E-state index is 6.07. The Kier molecular flexibility index (Phi) is 3.20. The topological polar surface area (TPSA) is 61.0 Å². The number of aromatic nitrogens is 2. The van der Waals surface area contributed by atoms with Gasteiger partial charge in [-0.3, -0.25) is 0 Å². The van der Waals surface area contributed by atoms with E-state index in [4.69, 9.17) is 22.1 Å². The van der Waals surface area contributed by atoms with Gasteiger partial charge in [-0.25, -0.2) is 0 Å². The molecule has 3 rings (SSSR count). The zero-order valence-corrected chi connectivity index (χ0v) is 11.2. The molecule has 94 valence electrons. The lowest BCUT2D eigenvalue weighted by molar-refractivity contribution is 0.477. The summed E-state index contributed by atoms with van der Waals surface area (Å²) in [4.78, 5) is 4.36. The summed E-state index contributed by atoms with van der Waals surface area (Å²) < 4.78 is 9.92. The van der Waals surface area contributed by atoms with Gasteiger partial charge in [0, 0.05) is 29.0 Å². The van der Waals surface area contributed by atoms with Gasteiger partial charge in [0.2, 0.25) is 0 Å². The highest BCUT2D eigenvalue weighted by molar-refractivity contribution is 7.07. The number of benzene rings is 1. The van der Waals surface area contributed by atoms with Crippen LogP contribution in [0.5, 0.6) is 10.9 Å². The van der Waals surface area contributed by atoms with Crippen molar-refractivity contribution in [1.82, 2.24) is 9.36 Å². The molecular formula is C12H12ClN3OS. The van der Waals surface area contributed by atoms with Gasteiger partial charge in [-0.1, -0.05) is 17.7 Å². The smallest absolute Gasteiger partial charge is 0.298 e. The molecule has 0 unspecified atom stereocenters. The van der Waals surface area contributed by atoms with Crippen LogP contribution in [0.2, 0.25) is 5.02 Å². The van der Waals surface area contributed by atoms with Crippen molar-refractivity contribution >= 4 is 23.1 Å². The van der Waals surface area contributed by atoms with Crippen LogP contribution in [0.4, 0.5) is 0 Å². The van der Waals surface area contributed by atoms with Crippen LogP contribution in [-0.2, 0) is 6.54 Å². The van der Waals surface area contributed by atoms with E-state index in [1.165, 1.54) is 24.4 Å². The van der Waals surface area contributed by atoms with Crippen molar-refractivity contribution in [2.45, 2.75) is 25.3 Å². The van der Waals surface area contributed by atoms with Crippen molar-refractivity contribution in [3.05, 3.63) is 34.6 Å². The number of halogens is 1. The number of rotatable bonds is 4. The van der Waals surface area contributed by atoms with Crippen molar-refractivity contribution in [3.63, 3.8) is 0 Å². The van der Waals surface area contributed by atoms with Crippen LogP contribution in [0, 0.1) is 0 Å². The molecular weight excluding hydrogens is 270 g/mol. The third-order valence-electron chi connectivity index (χ3n) is 2.82. The van der Waals surface area contributed by atoms with E-state index in [-0.39, 0.29) is 0 Å². The van der Waals surface area contributed by atoms with E-state index < -0.39 is 0 Å². The molecule has 1 aromatic heterocycles. The van der Waals surface area contributed by atoms with Gasteiger partial charge in [-0.05, 0) is 30.5 Å². The predicted octanol–water partition coefficient (Wildman–Crippen LogP) is 3.32. The summed E-state index contributed by atoms with van der Waals surface area (Å²) in [6.07, 6.45) is 2.38. The fraction of sp³-hybridized carbons (Fsp3) is 0.333. The minimum Gasteiger partial charge on any atom is -0.430 e. The van der Waals surface area contributed by atoms with Gasteiger partial charge in [0.05, 0.1) is 0 Å². The molecule has 2 N–H and O–H groups in total. The summed E-state index contributed by atoms with van der Waals surface area (Å²) in [7, 11) is 0. The van der Waals surface area contributed by atoms with Crippen molar-refractivity contribution in [2.24, 2.45) is 5.73 Å². The molecule has 2 aromatic rings. The highest BCUT2D eigenvalue weighted by Crippen LogP contribution is 2.40. The first-order chi connectivity index (χ1) is 8.76. The molecule has 4 nitrogen and oxygen atoms in total. The molecule has 1 heterocycles. The van der Waals surface area contributed by atoms with Crippen LogP contribution in [0.1, 0.15) is 30.1 Å². The Morgan fingerprint density at radius 2 is 2.28 bits per heavy atom. The average molecular weight is 282 g/mol. The zero-order valence-electron chi connectivity index (χ0n) is 9.60. The minimum atomic E-state index is 0.420. The lowest BCUT2D eigenvalue weighted by Crippen LogP contribution is -1.97. The molecule has 0 radical (unpaired) electrons. The Morgan fingerprint density at radius 1 is 1.44 bits per heavy atom. The van der Waals surface area contributed by atoms with Crippen molar-refractivity contribution in [2.75, 3.05) is 0 Å². The normalized spacial score (nSPS) is 14.8. The lowest BCUT2D eigenvalue weighted by Gasteiger charge is -2.04. The molecule has 1 aliphatic carbocycles. The van der Waals surface area contributed by atoms with Crippen LogP contribution in [0.15, 0.2) is 18.2 Å². The average Bonchev–Trinajstić information content (AvgIpc) is 3.11. The predicted molar refractivity (Wildman–Crippen MR) is 71.3 cm³/mol. The van der Waals surface area contributed by atoms with E-state index in [0.717, 1.165) is 11.4 Å². The van der Waals surface area contributed by atoms with E-state index in [2.05, 4.69) is 9.36 Å². The highest BCUT2D eigenvalue weighted by atomic mass is 35.5. The molecule has 0 aliphatic heterocycles. The van der Waals surface area contributed by atoms with Gasteiger partial charge in [0.25, 0.3) is 5.19 Å². The Balaban J connectivity index is 1.76. The SMILES string of the molecule is NCc1ccc(Oc2nc(C3CC3)ns2)cc1Cl. The monoisotopic (exact) mass is 281 g/mol. The quantitative estimate of drug-likeness (QED) is 0.934. The summed E-state index contributed by atoms with van der Waals surface area (Å²) in [5, 5.41) is 1.18. The second-order valence-corrected chi connectivity index (χ2v) is 5.37. The molecule has 0 bridgehead atoms. The number of hydrogen-bond acceptors (Lipinski definition) is 5. The molecule has 18 heavy (non-hydrogen) atoms. The van der Waals surface area contributed by atoms with E-state index in [0.29, 0.717) is 28.4 Å². The van der Waals surface area contributed by atoms with E-state index in [1.807, 2.05) is 12.1 Å². The summed E-state index contributed by atoms with van der Waals surface area (Å²) in [5.41, 5.74) is 6.45. The van der Waals surface area contributed by atoms with Gasteiger partial charge in [-0.15, -0.1) is 0 Å². The van der Waals surface area contributed by atoms with Crippen LogP contribution in [0.3, 0.4) is 0 Å². The van der Waals surface area contributed by atoms with Gasteiger partial charge >= 0.3 is 0 Å². The number of nitrogens with two attached hydrogens (primary N) is 1. The van der Waals surface area contributed by atoms with Gasteiger partial charge in [0.15, 0.2) is 0 Å². The molecule has 1 aliphatic rings. The van der Waals surface area contributed by atoms with Crippen LogP contribution < -0.4 is 10.5 Å². The standard InChI is InChI=1S/C12H12ClN3OS/c13-10-5-9(4-3-8(10)6-14)17-12-15-11(16-18-12)7-1-2-7/h3-5,7H,1-2,6,14H2. The number of ether oxygens (including phenoxy) is 1. The number of hydrogen-bond donors (Lipinski definition) is 1. The maximum Gasteiger partial charge on any atom is 0.298 e. The van der Waals surface area contributed by atoms with E-state index in [9.17, 15) is 0 Å². The first kappa shape index (κ1) is 11.9. The summed E-state index contributed by atoms with van der Waals surface area (Å²) in [5.74, 6) is 2.11. The van der Waals surface area contributed by atoms with Gasteiger partial charge in [-0.2, -0.15) is 9.36 Å². The molecule has 0 atom stereocenters. The minimum absolute atomic E-state index is 0.420. The second kappa shape index (κ2) is 4.84. The van der Waals surface area contributed by atoms with Crippen molar-refractivity contribution < 1.29 is 4.74 Å². The maximum atomic E-state index is 6.07. The molecule has 1 fully saturated rings.